The third kappa shape index (κ3) is 2.42. The number of hydrogen-bond acceptors (Lipinski definition) is 4. The van der Waals surface area contributed by atoms with Crippen LogP contribution in [0.4, 0.5) is 0 Å². The Morgan fingerprint density at radius 1 is 1.08 bits per heavy atom. The molecule has 0 aromatic carbocycles. The fraction of sp³-hybridized carbons (Fsp3) is 0.714. The van der Waals surface area contributed by atoms with Gasteiger partial charge in [-0.05, 0) is 12.5 Å². The Morgan fingerprint density at radius 2 is 1.50 bits per heavy atom. The Labute approximate surface area is 81.3 Å². The second kappa shape index (κ2) is 4.77. The van der Waals surface area contributed by atoms with Crippen molar-refractivity contribution in [1.29, 1.82) is 0 Å². The predicted octanol–water partition coefficient (Wildman–Crippen LogP) is 1.54. The van der Waals surface area contributed by atoms with E-state index < -0.39 is 0 Å². The molecule has 68 valence electrons. The maximum atomic E-state index is 4.29. The quantitative estimate of drug-likeness (QED) is 0.742. The van der Waals surface area contributed by atoms with Crippen molar-refractivity contribution in [3.05, 3.63) is 11.4 Å². The van der Waals surface area contributed by atoms with Gasteiger partial charge in [0.1, 0.15) is 0 Å². The summed E-state index contributed by atoms with van der Waals surface area (Å²) >= 11 is 3.57. The molecule has 3 nitrogen and oxygen atoms in total. The molecule has 1 aromatic rings. The highest BCUT2D eigenvalue weighted by Gasteiger charge is 2.07. The molecule has 12 heavy (non-hydrogen) atoms. The lowest BCUT2D eigenvalue weighted by Gasteiger charge is -1.94. The van der Waals surface area contributed by atoms with E-state index in [1.165, 1.54) is 0 Å². The first-order chi connectivity index (χ1) is 5.77. The molecule has 0 unspecified atom stereocenters. The molecule has 0 amide bonds. The van der Waals surface area contributed by atoms with E-state index in [1.807, 2.05) is 7.05 Å². The molecule has 0 saturated carbocycles. The minimum atomic E-state index is 0.962. The Hall–Kier alpha value is -0.160. The van der Waals surface area contributed by atoms with Gasteiger partial charge in [0, 0.05) is 18.6 Å². The van der Waals surface area contributed by atoms with Gasteiger partial charge in [-0.25, -0.2) is 0 Å². The molecule has 0 aliphatic heterocycles. The van der Waals surface area contributed by atoms with Crippen molar-refractivity contribution < 1.29 is 0 Å². The van der Waals surface area contributed by atoms with E-state index >= 15 is 0 Å². The van der Waals surface area contributed by atoms with Gasteiger partial charge in [0.2, 0.25) is 0 Å². The molecular formula is C7H13N3S2. The van der Waals surface area contributed by atoms with Crippen LogP contribution < -0.4 is 0 Å². The minimum Gasteiger partial charge on any atom is -0.187 e. The van der Waals surface area contributed by atoms with E-state index in [-0.39, 0.29) is 0 Å². The fourth-order valence-electron chi connectivity index (χ4n) is 0.985. The van der Waals surface area contributed by atoms with Gasteiger partial charge in [0.25, 0.3) is 0 Å². The lowest BCUT2D eigenvalue weighted by Crippen LogP contribution is -1.92. The molecule has 0 atom stereocenters. The second-order valence-electron chi connectivity index (χ2n) is 2.45. The van der Waals surface area contributed by atoms with Crippen molar-refractivity contribution in [1.82, 2.24) is 15.0 Å². The predicted molar refractivity (Wildman–Crippen MR) is 55.4 cm³/mol. The van der Waals surface area contributed by atoms with Gasteiger partial charge in [0.05, 0.1) is 11.4 Å². The maximum Gasteiger partial charge on any atom is 0.0966 e. The lowest BCUT2D eigenvalue weighted by molar-refractivity contribution is 0.645. The van der Waals surface area contributed by atoms with Crippen LogP contribution in [0.2, 0.25) is 0 Å². The van der Waals surface area contributed by atoms with Crippen LogP contribution in [0.1, 0.15) is 11.4 Å². The zero-order valence-electron chi connectivity index (χ0n) is 7.57. The van der Waals surface area contributed by atoms with E-state index in [1.54, 1.807) is 28.3 Å². The number of aryl methyl sites for hydroxylation is 1. The number of hydrogen-bond donors (Lipinski definition) is 0. The minimum absolute atomic E-state index is 0.962. The number of rotatable bonds is 4. The first-order valence-electron chi connectivity index (χ1n) is 3.65. The van der Waals surface area contributed by atoms with Crippen molar-refractivity contribution in [2.75, 3.05) is 12.5 Å². The number of aromatic nitrogens is 3. The van der Waals surface area contributed by atoms with Crippen LogP contribution in [-0.2, 0) is 18.6 Å². The average molecular weight is 203 g/mol. The van der Waals surface area contributed by atoms with E-state index in [2.05, 4.69) is 22.7 Å². The largest absolute Gasteiger partial charge is 0.187 e. The third-order valence-corrected chi connectivity index (χ3v) is 2.55. The van der Waals surface area contributed by atoms with Crippen LogP contribution in [0.25, 0.3) is 0 Å². The Morgan fingerprint density at radius 3 is 1.83 bits per heavy atom. The summed E-state index contributed by atoms with van der Waals surface area (Å²) in [4.78, 5) is 1.65. The van der Waals surface area contributed by atoms with E-state index in [0.29, 0.717) is 0 Å². The molecule has 0 aliphatic rings. The summed E-state index contributed by atoms with van der Waals surface area (Å²) < 4.78 is 0. The van der Waals surface area contributed by atoms with Gasteiger partial charge in [-0.2, -0.15) is 38.5 Å². The first-order valence-corrected chi connectivity index (χ1v) is 6.43. The molecule has 0 aliphatic carbocycles. The topological polar surface area (TPSA) is 30.7 Å². The van der Waals surface area contributed by atoms with Crippen LogP contribution in [0.5, 0.6) is 0 Å². The molecular weight excluding hydrogens is 190 g/mol. The maximum absolute atomic E-state index is 4.29. The summed E-state index contributed by atoms with van der Waals surface area (Å²) in [7, 11) is 1.87. The van der Waals surface area contributed by atoms with Gasteiger partial charge >= 0.3 is 0 Å². The van der Waals surface area contributed by atoms with Crippen LogP contribution in [0.15, 0.2) is 0 Å². The van der Waals surface area contributed by atoms with Crippen molar-refractivity contribution in [3.8, 4) is 0 Å². The Balaban J connectivity index is 2.76. The number of thioether (sulfide) groups is 2. The normalized spacial score (nSPS) is 10.6. The fourth-order valence-corrected chi connectivity index (χ4v) is 1.98. The monoisotopic (exact) mass is 203 g/mol. The zero-order chi connectivity index (χ0) is 8.97. The molecule has 0 saturated heterocycles. The smallest absolute Gasteiger partial charge is 0.0966 e. The molecule has 5 heteroatoms. The summed E-state index contributed by atoms with van der Waals surface area (Å²) in [6.45, 7) is 0. The zero-order valence-corrected chi connectivity index (χ0v) is 9.21. The molecule has 0 fully saturated rings. The highest BCUT2D eigenvalue weighted by molar-refractivity contribution is 7.98. The highest BCUT2D eigenvalue weighted by Crippen LogP contribution is 2.14. The standard InChI is InChI=1S/C7H13N3S2/c1-10-8-6(4-11-2)7(9-10)5-12-3/h4-5H2,1-3H3. The van der Waals surface area contributed by atoms with E-state index in [0.717, 1.165) is 22.9 Å². The van der Waals surface area contributed by atoms with Crippen molar-refractivity contribution in [2.45, 2.75) is 11.5 Å². The molecule has 0 N–H and O–H groups in total. The molecule has 0 spiro atoms. The van der Waals surface area contributed by atoms with Gasteiger partial charge in [-0.1, -0.05) is 0 Å². The summed E-state index contributed by atoms with van der Waals surface area (Å²) in [5.74, 6) is 1.92. The molecule has 1 rings (SSSR count). The van der Waals surface area contributed by atoms with Gasteiger partial charge < -0.3 is 0 Å². The van der Waals surface area contributed by atoms with Crippen LogP contribution in [-0.4, -0.2) is 27.5 Å². The van der Waals surface area contributed by atoms with Gasteiger partial charge in [-0.3, -0.25) is 0 Å². The average Bonchev–Trinajstić information content (AvgIpc) is 2.33. The van der Waals surface area contributed by atoms with Crippen LogP contribution >= 0.6 is 23.5 Å². The van der Waals surface area contributed by atoms with Crippen LogP contribution in [0.3, 0.4) is 0 Å². The summed E-state index contributed by atoms with van der Waals surface area (Å²) in [5, 5.41) is 8.58. The molecule has 1 aromatic heterocycles. The Bertz CT molecular complexity index is 223. The summed E-state index contributed by atoms with van der Waals surface area (Å²) in [6, 6.07) is 0. The molecule has 0 radical (unpaired) electrons. The van der Waals surface area contributed by atoms with Crippen molar-refractivity contribution in [2.24, 2.45) is 7.05 Å². The highest BCUT2D eigenvalue weighted by atomic mass is 32.2. The summed E-state index contributed by atoms with van der Waals surface area (Å²) in [6.07, 6.45) is 4.16. The van der Waals surface area contributed by atoms with Crippen molar-refractivity contribution >= 4 is 23.5 Å². The van der Waals surface area contributed by atoms with Gasteiger partial charge in [-0.15, -0.1) is 0 Å². The van der Waals surface area contributed by atoms with E-state index in [4.69, 9.17) is 0 Å². The summed E-state index contributed by atoms with van der Waals surface area (Å²) in [5.41, 5.74) is 2.25. The van der Waals surface area contributed by atoms with Gasteiger partial charge in [0.15, 0.2) is 0 Å². The third-order valence-electron chi connectivity index (χ3n) is 1.43. The SMILES string of the molecule is CSCc1nn(C)nc1CSC. The first kappa shape index (κ1) is 9.92. The molecule has 0 bridgehead atoms. The number of nitrogens with zero attached hydrogens (tertiary/aromatic N) is 3. The molecule has 1 heterocycles. The lowest BCUT2D eigenvalue weighted by atomic mass is 10.4. The van der Waals surface area contributed by atoms with Crippen LogP contribution in [0, 0.1) is 0 Å². The second-order valence-corrected chi connectivity index (χ2v) is 4.18. The van der Waals surface area contributed by atoms with Crippen molar-refractivity contribution in [3.63, 3.8) is 0 Å². The Kier molecular flexibility index (Phi) is 3.94. The van der Waals surface area contributed by atoms with E-state index in [9.17, 15) is 0 Å².